The number of aliphatic hydroxyl groups is 1. The van der Waals surface area contributed by atoms with Crippen molar-refractivity contribution in [2.24, 2.45) is 0 Å². The van der Waals surface area contributed by atoms with Crippen molar-refractivity contribution in [2.75, 3.05) is 26.2 Å². The fraction of sp³-hybridized carbons (Fsp3) is 0.500. The lowest BCUT2D eigenvalue weighted by atomic mass is 9.93. The van der Waals surface area contributed by atoms with Gasteiger partial charge >= 0.3 is 6.18 Å². The van der Waals surface area contributed by atoms with E-state index < -0.39 is 18.8 Å². The molecule has 1 aromatic heterocycles. The maximum absolute atomic E-state index is 12.6. The van der Waals surface area contributed by atoms with Gasteiger partial charge in [0.1, 0.15) is 6.10 Å². The Morgan fingerprint density at radius 3 is 2.71 bits per heavy atom. The van der Waals surface area contributed by atoms with Crippen LogP contribution in [0.25, 0.3) is 0 Å². The first kappa shape index (κ1) is 24.4. The predicted octanol–water partition coefficient (Wildman–Crippen LogP) is 2.29. The van der Waals surface area contributed by atoms with Crippen molar-refractivity contribution >= 4 is 5.91 Å². The Kier molecular flexibility index (Phi) is 7.70. The van der Waals surface area contributed by atoms with Crippen molar-refractivity contribution in [1.29, 1.82) is 0 Å². The lowest BCUT2D eigenvalue weighted by Gasteiger charge is -2.32. The molecule has 0 saturated carbocycles. The number of hydrogen-bond donors (Lipinski definition) is 3. The molecular formula is C24H29F3N4O3. The van der Waals surface area contributed by atoms with Gasteiger partial charge in [-0.3, -0.25) is 9.69 Å². The van der Waals surface area contributed by atoms with Gasteiger partial charge in [0.25, 0.3) is 5.91 Å². The molecule has 1 fully saturated rings. The predicted molar refractivity (Wildman–Crippen MR) is 119 cm³/mol. The Bertz CT molecular complexity index is 980. The number of nitrogens with one attached hydrogen (secondary N) is 2. The van der Waals surface area contributed by atoms with Gasteiger partial charge in [-0.05, 0) is 36.5 Å². The van der Waals surface area contributed by atoms with Crippen LogP contribution in [-0.4, -0.2) is 71.5 Å². The second-order valence-electron chi connectivity index (χ2n) is 8.83. The van der Waals surface area contributed by atoms with Crippen LogP contribution in [0.15, 0.2) is 42.6 Å². The van der Waals surface area contributed by atoms with Crippen LogP contribution in [0, 0.1) is 0 Å². The van der Waals surface area contributed by atoms with Gasteiger partial charge in [-0.25, -0.2) is 4.98 Å². The van der Waals surface area contributed by atoms with Gasteiger partial charge in [-0.2, -0.15) is 13.2 Å². The summed E-state index contributed by atoms with van der Waals surface area (Å²) in [5, 5.41) is 16.6. The molecular weight excluding hydrogens is 449 g/mol. The number of halogens is 3. The fourth-order valence-electron chi connectivity index (χ4n) is 4.42. The minimum absolute atomic E-state index is 0.0921. The molecule has 0 bridgehead atoms. The lowest BCUT2D eigenvalue weighted by molar-refractivity contribution is -0.149. The smallest absolute Gasteiger partial charge is 0.401 e. The molecule has 2 aliphatic heterocycles. The molecule has 0 radical (unpaired) electrons. The third-order valence-corrected chi connectivity index (χ3v) is 6.27. The highest BCUT2D eigenvalue weighted by Crippen LogP contribution is 2.22. The average Bonchev–Trinajstić information content (AvgIpc) is 2.82. The molecule has 2 atom stereocenters. The van der Waals surface area contributed by atoms with Crippen LogP contribution < -0.4 is 15.4 Å². The van der Waals surface area contributed by atoms with Crippen LogP contribution in [0.2, 0.25) is 0 Å². The second-order valence-corrected chi connectivity index (χ2v) is 8.83. The van der Waals surface area contributed by atoms with Crippen LogP contribution >= 0.6 is 0 Å². The molecule has 3 heterocycles. The first-order valence-corrected chi connectivity index (χ1v) is 11.4. The zero-order valence-corrected chi connectivity index (χ0v) is 18.7. The summed E-state index contributed by atoms with van der Waals surface area (Å²) in [7, 11) is 0. The topological polar surface area (TPSA) is 86.7 Å². The Morgan fingerprint density at radius 1 is 1.24 bits per heavy atom. The maximum atomic E-state index is 12.6. The summed E-state index contributed by atoms with van der Waals surface area (Å²) in [5.41, 5.74) is 2.75. The van der Waals surface area contributed by atoms with Crippen molar-refractivity contribution in [3.8, 4) is 5.88 Å². The van der Waals surface area contributed by atoms with Gasteiger partial charge in [0.15, 0.2) is 0 Å². The Balaban J connectivity index is 1.25. The third-order valence-electron chi connectivity index (χ3n) is 6.27. The molecule has 0 spiro atoms. The molecule has 34 heavy (non-hydrogen) atoms. The van der Waals surface area contributed by atoms with E-state index in [4.69, 9.17) is 4.74 Å². The highest BCUT2D eigenvalue weighted by atomic mass is 19.4. The number of rotatable bonds is 7. The van der Waals surface area contributed by atoms with Crippen LogP contribution in [-0.2, 0) is 13.0 Å². The zero-order chi connectivity index (χ0) is 24.1. The van der Waals surface area contributed by atoms with E-state index in [0.29, 0.717) is 44.5 Å². The number of hydrogen-bond acceptors (Lipinski definition) is 6. The number of carbonyl (C=O) groups is 1. The van der Waals surface area contributed by atoms with Crippen molar-refractivity contribution in [2.45, 2.75) is 50.2 Å². The zero-order valence-electron chi connectivity index (χ0n) is 18.7. The Hall–Kier alpha value is -2.69. The first-order chi connectivity index (χ1) is 16.3. The molecule has 1 aromatic carbocycles. The number of piperidine rings is 1. The van der Waals surface area contributed by atoms with Crippen molar-refractivity contribution in [3.05, 3.63) is 59.3 Å². The number of aromatic nitrogens is 1. The number of pyridine rings is 1. The Labute approximate surface area is 196 Å². The van der Waals surface area contributed by atoms with E-state index in [2.05, 4.69) is 21.7 Å². The van der Waals surface area contributed by atoms with Gasteiger partial charge in [0.05, 0.1) is 12.6 Å². The van der Waals surface area contributed by atoms with E-state index in [-0.39, 0.29) is 30.5 Å². The minimum atomic E-state index is -4.21. The van der Waals surface area contributed by atoms with Gasteiger partial charge < -0.3 is 20.5 Å². The normalized spacial score (nSPS) is 20.4. The summed E-state index contributed by atoms with van der Waals surface area (Å²) in [6, 6.07) is 11.0. The molecule has 10 heteroatoms. The summed E-state index contributed by atoms with van der Waals surface area (Å²) >= 11 is 0. The summed E-state index contributed by atoms with van der Waals surface area (Å²) in [6.45, 7) is 0.438. The molecule has 1 saturated heterocycles. The number of carbonyl (C=O) groups excluding carboxylic acids is 1. The highest BCUT2D eigenvalue weighted by Gasteiger charge is 2.33. The number of benzene rings is 1. The third kappa shape index (κ3) is 6.68. The van der Waals surface area contributed by atoms with E-state index in [1.54, 1.807) is 6.07 Å². The number of aliphatic hydroxyl groups excluding tert-OH is 1. The van der Waals surface area contributed by atoms with Gasteiger partial charge in [-0.1, -0.05) is 24.3 Å². The Morgan fingerprint density at radius 2 is 1.97 bits per heavy atom. The molecule has 0 aliphatic carbocycles. The molecule has 2 aliphatic rings. The summed E-state index contributed by atoms with van der Waals surface area (Å²) in [6.07, 6.45) is -2.16. The van der Waals surface area contributed by atoms with Crippen molar-refractivity contribution < 1.29 is 27.8 Å². The second kappa shape index (κ2) is 10.7. The molecule has 1 unspecified atom stereocenters. The molecule has 4 rings (SSSR count). The number of alkyl halides is 3. The fourth-order valence-corrected chi connectivity index (χ4v) is 4.42. The average molecular weight is 479 g/mol. The standard InChI is InChI=1S/C24H29F3N4O3/c25-24(26,27)15-31-9-6-19(7-10-31)34-22-12-17(5-8-28-22)23(33)30-14-21(32)20-11-16-3-1-2-4-18(16)13-29-20/h1-5,8,12,19-21,29,32H,6-7,9-11,13-15H2,(H,30,33)/t20-,21?/m0/s1. The first-order valence-electron chi connectivity index (χ1n) is 11.4. The van der Waals surface area contributed by atoms with E-state index in [9.17, 15) is 23.1 Å². The number of amides is 1. The van der Waals surface area contributed by atoms with Gasteiger partial charge in [-0.15, -0.1) is 0 Å². The maximum Gasteiger partial charge on any atom is 0.401 e. The van der Waals surface area contributed by atoms with E-state index in [1.807, 2.05) is 18.2 Å². The number of nitrogens with zero attached hydrogens (tertiary/aromatic N) is 2. The van der Waals surface area contributed by atoms with Crippen molar-refractivity contribution in [1.82, 2.24) is 20.5 Å². The minimum Gasteiger partial charge on any atom is -0.474 e. The van der Waals surface area contributed by atoms with Gasteiger partial charge in [0, 0.05) is 50.0 Å². The van der Waals surface area contributed by atoms with Crippen LogP contribution in [0.5, 0.6) is 5.88 Å². The van der Waals surface area contributed by atoms with E-state index >= 15 is 0 Å². The molecule has 7 nitrogen and oxygen atoms in total. The number of fused-ring (bicyclic) bond motifs is 1. The SMILES string of the molecule is O=C(NCC(O)[C@@H]1Cc2ccccc2CN1)c1ccnc(OC2CCN(CC(F)(F)F)CC2)c1. The van der Waals surface area contributed by atoms with Crippen LogP contribution in [0.3, 0.4) is 0 Å². The van der Waals surface area contributed by atoms with E-state index in [0.717, 1.165) is 0 Å². The monoisotopic (exact) mass is 478 g/mol. The van der Waals surface area contributed by atoms with Crippen molar-refractivity contribution in [3.63, 3.8) is 0 Å². The summed E-state index contributed by atoms with van der Waals surface area (Å²) < 4.78 is 43.4. The summed E-state index contributed by atoms with van der Waals surface area (Å²) in [4.78, 5) is 18.1. The molecule has 2 aromatic rings. The molecule has 3 N–H and O–H groups in total. The lowest BCUT2D eigenvalue weighted by Crippen LogP contribution is -2.49. The summed E-state index contributed by atoms with van der Waals surface area (Å²) in [5.74, 6) is -0.101. The van der Waals surface area contributed by atoms with E-state index in [1.165, 1.54) is 28.3 Å². The number of likely N-dealkylation sites (tertiary alicyclic amines) is 1. The molecule has 184 valence electrons. The molecule has 1 amide bonds. The number of ether oxygens (including phenoxy) is 1. The van der Waals surface area contributed by atoms with Crippen LogP contribution in [0.4, 0.5) is 13.2 Å². The quantitative estimate of drug-likeness (QED) is 0.566. The largest absolute Gasteiger partial charge is 0.474 e. The highest BCUT2D eigenvalue weighted by molar-refractivity contribution is 5.94. The van der Waals surface area contributed by atoms with Crippen LogP contribution in [0.1, 0.15) is 34.3 Å². The van der Waals surface area contributed by atoms with Gasteiger partial charge in [0.2, 0.25) is 5.88 Å².